The van der Waals surface area contributed by atoms with Crippen LogP contribution in [0.5, 0.6) is 0 Å². The summed E-state index contributed by atoms with van der Waals surface area (Å²) in [5.74, 6) is -0.863. The second-order valence-electron chi connectivity index (χ2n) is 36.8. The van der Waals surface area contributed by atoms with Gasteiger partial charge in [-0.1, -0.05) is 331 Å². The Morgan fingerprint density at radius 3 is 0.903 bits per heavy atom. The molecule has 612 valence electrons. The van der Waals surface area contributed by atoms with Crippen LogP contribution in [0, 0.1) is 59.0 Å². The normalized spacial score (nSPS) is 12.0. The number of nitrogens with zero attached hydrogens (tertiary/aromatic N) is 2. The molecule has 0 atom stereocenters. The molecule has 1 N–H and O–H groups in total. The molecule has 0 unspecified atom stereocenters. The third kappa shape index (κ3) is 15.5. The second kappa shape index (κ2) is 32.3. The van der Waals surface area contributed by atoms with Crippen LogP contribution in [0.25, 0.3) is 130 Å². The minimum absolute atomic E-state index is 0.0768. The van der Waals surface area contributed by atoms with Gasteiger partial charge in [0, 0.05) is 42.5 Å². The molecule has 0 saturated heterocycles. The summed E-state index contributed by atoms with van der Waals surface area (Å²) in [5, 5.41) is 24.4. The Bertz CT molecular complexity index is 7190. The van der Waals surface area contributed by atoms with Gasteiger partial charge in [-0.05, 0) is 306 Å². The van der Waals surface area contributed by atoms with Gasteiger partial charge in [0.05, 0.1) is 22.7 Å². The van der Waals surface area contributed by atoms with Gasteiger partial charge in [0.25, 0.3) is 0 Å². The third-order valence-corrected chi connectivity index (χ3v) is 26.4. The van der Waals surface area contributed by atoms with E-state index in [0.717, 1.165) is 186 Å². The molecule has 20 rings (SSSR count). The van der Waals surface area contributed by atoms with Gasteiger partial charge in [-0.2, -0.15) is 0 Å². The first-order valence-corrected chi connectivity index (χ1v) is 44.3. The van der Waals surface area contributed by atoms with Crippen molar-refractivity contribution in [2.24, 2.45) is 0 Å². The maximum Gasteiger partial charge on any atom is 0.125 e. The van der Waals surface area contributed by atoms with Crippen LogP contribution in [0.4, 0.5) is 58.7 Å². The summed E-state index contributed by atoms with van der Waals surface area (Å²) in [6, 6.07) is 108. The molecule has 0 amide bonds. The summed E-state index contributed by atoms with van der Waals surface area (Å²) in [6.07, 6.45) is 0. The van der Waals surface area contributed by atoms with E-state index < -0.39 is 0 Å². The number of hydrogen-bond donors (Lipinski definition) is 1. The van der Waals surface area contributed by atoms with Gasteiger partial charge in [0.2, 0.25) is 0 Å². The molecule has 0 saturated carbocycles. The number of aryl methyl sites for hydroxylation is 6. The first kappa shape index (κ1) is 82.4. The van der Waals surface area contributed by atoms with E-state index in [1.165, 1.54) is 49.0 Å². The van der Waals surface area contributed by atoms with Crippen molar-refractivity contribution in [3.63, 3.8) is 0 Å². The van der Waals surface area contributed by atoms with E-state index >= 15 is 8.78 Å². The minimum Gasteiger partial charge on any atom is -0.355 e. The lowest BCUT2D eigenvalue weighted by Crippen LogP contribution is -2.17. The Kier molecular flexibility index (Phi) is 21.4. The van der Waals surface area contributed by atoms with Gasteiger partial charge < -0.3 is 15.1 Å². The average molecular weight is 1750 g/mol. The highest BCUT2D eigenvalue weighted by atomic mass is 79.9. The zero-order valence-corrected chi connectivity index (χ0v) is 76.0. The lowest BCUT2D eigenvalue weighted by molar-refractivity contribution is 0.589. The van der Waals surface area contributed by atoms with Crippen LogP contribution >= 0.6 is 31.9 Å². The van der Waals surface area contributed by atoms with Crippen LogP contribution in [0.2, 0.25) is 0 Å². The second-order valence-corrected chi connectivity index (χ2v) is 38.5. The molecule has 0 radical (unpaired) electrons. The molecule has 0 spiro atoms. The van der Waals surface area contributed by atoms with E-state index in [1.54, 1.807) is 36.4 Å². The maximum atomic E-state index is 16.7. The minimum atomic E-state index is -0.309. The number of hydrogen-bond acceptors (Lipinski definition) is 3. The van der Waals surface area contributed by atoms with Crippen molar-refractivity contribution in [3.05, 3.63) is 392 Å². The highest BCUT2D eigenvalue weighted by molar-refractivity contribution is 9.11. The van der Waals surface area contributed by atoms with Gasteiger partial charge in [-0.25, -0.2) is 13.2 Å². The zero-order chi connectivity index (χ0) is 86.7. The fourth-order valence-corrected chi connectivity index (χ4v) is 19.8. The van der Waals surface area contributed by atoms with Crippen molar-refractivity contribution < 1.29 is 13.2 Å². The van der Waals surface area contributed by atoms with E-state index in [2.05, 4.69) is 381 Å². The van der Waals surface area contributed by atoms with Crippen molar-refractivity contribution in [3.8, 4) is 33.4 Å². The lowest BCUT2D eigenvalue weighted by Gasteiger charge is -2.33. The molecule has 8 heteroatoms. The Morgan fingerprint density at radius 2 is 0.548 bits per heavy atom. The first-order chi connectivity index (χ1) is 59.4. The monoisotopic (exact) mass is 1750 g/mol. The van der Waals surface area contributed by atoms with E-state index in [1.807, 2.05) is 48.5 Å². The van der Waals surface area contributed by atoms with Crippen LogP contribution in [-0.4, -0.2) is 0 Å². The van der Waals surface area contributed by atoms with Gasteiger partial charge in [0.15, 0.2) is 0 Å². The van der Waals surface area contributed by atoms with E-state index in [-0.39, 0.29) is 33.7 Å². The fraction of sp³-hybridized carbons (Fsp3) is 0.155. The smallest absolute Gasteiger partial charge is 0.125 e. The summed E-state index contributed by atoms with van der Waals surface area (Å²) in [6.45, 7) is 33.1. The number of benzene rings is 20. The third-order valence-electron chi connectivity index (χ3n) is 25.0. The number of nitrogens with one attached hydrogen (secondary N) is 1. The fourth-order valence-electron chi connectivity index (χ4n) is 18.9. The van der Waals surface area contributed by atoms with Crippen molar-refractivity contribution in [1.82, 2.24) is 0 Å². The summed E-state index contributed by atoms with van der Waals surface area (Å²) in [7, 11) is 0. The number of rotatable bonds is 11. The molecule has 0 aliphatic carbocycles. The van der Waals surface area contributed by atoms with Gasteiger partial charge >= 0.3 is 0 Å². The Labute approximate surface area is 742 Å². The van der Waals surface area contributed by atoms with Crippen LogP contribution in [0.1, 0.15) is 112 Å². The Hall–Kier alpha value is -12.6. The van der Waals surface area contributed by atoms with Crippen LogP contribution in [0.3, 0.4) is 0 Å². The average Bonchev–Trinajstić information content (AvgIpc) is 0.723. The van der Waals surface area contributed by atoms with Crippen molar-refractivity contribution in [2.45, 2.75) is 120 Å². The molecular formula is C116H98Br2F3N3. The van der Waals surface area contributed by atoms with Crippen LogP contribution in [-0.2, 0) is 16.2 Å². The maximum absolute atomic E-state index is 16.7. The standard InChI is InChI=1S/C72H62F2N2.C28H28FN.C16H8Br2/c1-43-33-53(71(5,6)7)34-44(2)69(43)75(57-39-51(37-55(73)41-57)61-23-15-19-47-17-11-13-21-59(47)61)65-31-27-49-26-30-64-66(32-28-50-25-29-63(65)67(49)68(50)64)76(70-45(3)35-54(36-46(70)4)72(8,9)10)58-40-52(38-56(74)42-58)62-24-16-20-48-18-12-14-22-60(48)62;1-18-13-22(28(3,4)5)14-19(2)27(18)30-24-16-21(15-23(29)17-24)26-12-8-10-20-9-6-7-11-25(20)26;17-13-8-4-10-2-6-12-14(18)7-3-9-1-5-11(13)16(10)15(9)12/h11-42H,1-10H3;6-17,30H,1-5H3;1-8H. The lowest BCUT2D eigenvalue weighted by atomic mass is 9.84. The topological polar surface area (TPSA) is 18.5 Å². The Balaban J connectivity index is 0.000000175. The summed E-state index contributed by atoms with van der Waals surface area (Å²) in [5.41, 5.74) is 23.1. The largest absolute Gasteiger partial charge is 0.355 e. The first-order valence-electron chi connectivity index (χ1n) is 42.7. The number of anilines is 8. The van der Waals surface area contributed by atoms with Crippen molar-refractivity contribution in [2.75, 3.05) is 15.1 Å². The molecule has 20 aromatic rings. The molecule has 0 aliphatic rings. The predicted molar refractivity (Wildman–Crippen MR) is 534 cm³/mol. The van der Waals surface area contributed by atoms with Gasteiger partial charge in [-0.3, -0.25) is 0 Å². The number of halogens is 5. The Morgan fingerprint density at radius 1 is 0.258 bits per heavy atom. The van der Waals surface area contributed by atoms with Gasteiger partial charge in [-0.15, -0.1) is 0 Å². The van der Waals surface area contributed by atoms with Gasteiger partial charge in [0.1, 0.15) is 17.5 Å². The SMILES string of the molecule is Brc1ccc2ccc3c(Br)ccc4ccc1c2c43.Cc1cc(C(C)(C)C)cc(C)c1N(c1cc(F)cc(-c2cccc3ccccc23)c1)c1ccc2ccc3c(N(c4cc(F)cc(-c5cccc6ccccc56)c4)c4c(C)cc(C(C)(C)C)cc4C)ccc4ccc1c2c43.Cc1cc(C(C)(C)C)cc(C)c1Nc1cc(F)cc(-c2cccc3ccccc23)c1. The molecule has 124 heavy (non-hydrogen) atoms. The summed E-state index contributed by atoms with van der Waals surface area (Å²) in [4.78, 5) is 4.58. The van der Waals surface area contributed by atoms with E-state index in [4.69, 9.17) is 0 Å². The van der Waals surface area contributed by atoms with Crippen LogP contribution in [0.15, 0.2) is 324 Å². The zero-order valence-electron chi connectivity index (χ0n) is 72.8. The molecule has 0 fully saturated rings. The van der Waals surface area contributed by atoms with E-state index in [0.29, 0.717) is 0 Å². The van der Waals surface area contributed by atoms with E-state index in [9.17, 15) is 4.39 Å². The summed E-state index contributed by atoms with van der Waals surface area (Å²) < 4.78 is 50.2. The predicted octanol–water partition coefficient (Wildman–Crippen LogP) is 35.7. The molecule has 0 aromatic heterocycles. The molecule has 20 aromatic carbocycles. The molecule has 0 aliphatic heterocycles. The molecule has 3 nitrogen and oxygen atoms in total. The molecule has 0 bridgehead atoms. The number of fused-ring (bicyclic) bond motifs is 3. The highest BCUT2D eigenvalue weighted by Crippen LogP contribution is 2.53. The van der Waals surface area contributed by atoms with Crippen molar-refractivity contribution in [1.29, 1.82) is 0 Å². The van der Waals surface area contributed by atoms with Crippen molar-refractivity contribution >= 4 is 174 Å². The van der Waals surface area contributed by atoms with Crippen LogP contribution < -0.4 is 15.1 Å². The molecular weight excluding hydrogens is 1650 g/mol. The summed E-state index contributed by atoms with van der Waals surface area (Å²) >= 11 is 7.30. The quantitative estimate of drug-likeness (QED) is 0.130. The highest BCUT2D eigenvalue weighted by Gasteiger charge is 2.30. The molecule has 0 heterocycles.